The zero-order chi connectivity index (χ0) is 22.3. The van der Waals surface area contributed by atoms with Gasteiger partial charge in [-0.15, -0.1) is 0 Å². The number of fused-ring (bicyclic) bond motifs is 1. The van der Waals surface area contributed by atoms with E-state index < -0.39 is 28.5 Å². The number of sulfonamides is 1. The lowest BCUT2D eigenvalue weighted by molar-refractivity contribution is -0.147. The summed E-state index contributed by atoms with van der Waals surface area (Å²) in [5.41, 5.74) is 0.527. The molecule has 166 valence electrons. The second kappa shape index (κ2) is 10.5. The Morgan fingerprint density at radius 2 is 1.74 bits per heavy atom. The van der Waals surface area contributed by atoms with Crippen LogP contribution in [0.2, 0.25) is 5.02 Å². The Morgan fingerprint density at radius 1 is 1.03 bits per heavy atom. The minimum absolute atomic E-state index is 0.0306. The summed E-state index contributed by atoms with van der Waals surface area (Å²) in [5.74, 6) is -0.234. The molecule has 2 aromatic carbocycles. The van der Waals surface area contributed by atoms with Gasteiger partial charge >= 0.3 is 5.97 Å². The molecule has 0 aliphatic carbocycles. The van der Waals surface area contributed by atoms with E-state index in [0.717, 1.165) is 0 Å². The third-order valence-corrected chi connectivity index (χ3v) is 5.88. The van der Waals surface area contributed by atoms with E-state index in [1.54, 1.807) is 24.3 Å². The fourth-order valence-electron chi connectivity index (χ4n) is 2.66. The highest BCUT2D eigenvalue weighted by molar-refractivity contribution is 7.89. The second-order valence-corrected chi connectivity index (χ2v) is 8.73. The van der Waals surface area contributed by atoms with Gasteiger partial charge in [0.1, 0.15) is 13.2 Å². The third-order valence-electron chi connectivity index (χ3n) is 4.17. The van der Waals surface area contributed by atoms with Gasteiger partial charge in [-0.05, 0) is 42.8 Å². The molecule has 0 radical (unpaired) electrons. The predicted molar refractivity (Wildman–Crippen MR) is 113 cm³/mol. The van der Waals surface area contributed by atoms with Crippen LogP contribution in [-0.4, -0.2) is 46.7 Å². The van der Waals surface area contributed by atoms with Crippen LogP contribution in [0.15, 0.2) is 47.4 Å². The van der Waals surface area contributed by atoms with Crippen LogP contribution in [0.3, 0.4) is 0 Å². The van der Waals surface area contributed by atoms with Crippen LogP contribution in [0, 0.1) is 0 Å². The van der Waals surface area contributed by atoms with E-state index in [2.05, 4.69) is 10.0 Å². The molecule has 0 aromatic heterocycles. The lowest BCUT2D eigenvalue weighted by Gasteiger charge is -2.18. The minimum Gasteiger partial charge on any atom is -0.486 e. The van der Waals surface area contributed by atoms with Crippen molar-refractivity contribution >= 4 is 39.2 Å². The zero-order valence-corrected chi connectivity index (χ0v) is 18.0. The molecule has 0 spiro atoms. The Morgan fingerprint density at radius 3 is 2.48 bits per heavy atom. The monoisotopic (exact) mass is 468 g/mol. The molecule has 1 aliphatic heterocycles. The average molecular weight is 469 g/mol. The number of carbonyl (C=O) groups is 2. The summed E-state index contributed by atoms with van der Waals surface area (Å²) in [6, 6.07) is 10.8. The maximum Gasteiger partial charge on any atom is 0.306 e. The largest absolute Gasteiger partial charge is 0.486 e. The molecule has 3 rings (SSSR count). The number of esters is 1. The van der Waals surface area contributed by atoms with E-state index in [4.69, 9.17) is 25.8 Å². The molecule has 0 bridgehead atoms. The molecule has 0 atom stereocenters. The van der Waals surface area contributed by atoms with Crippen molar-refractivity contribution in [3.63, 3.8) is 0 Å². The van der Waals surface area contributed by atoms with Gasteiger partial charge in [-0.1, -0.05) is 11.6 Å². The first-order chi connectivity index (χ1) is 14.8. The number of ether oxygens (including phenoxy) is 3. The summed E-state index contributed by atoms with van der Waals surface area (Å²) in [6.07, 6.45) is 0.166. The van der Waals surface area contributed by atoms with Gasteiger partial charge in [0.05, 0.1) is 4.90 Å². The van der Waals surface area contributed by atoms with Crippen LogP contribution in [0.25, 0.3) is 0 Å². The van der Waals surface area contributed by atoms with Gasteiger partial charge in [0.2, 0.25) is 10.0 Å². The molecular formula is C20H21ClN2O7S. The van der Waals surface area contributed by atoms with Crippen molar-refractivity contribution in [3.8, 4) is 11.5 Å². The van der Waals surface area contributed by atoms with Crippen LogP contribution < -0.4 is 19.5 Å². The van der Waals surface area contributed by atoms with Crippen molar-refractivity contribution in [1.29, 1.82) is 0 Å². The number of halogens is 1. The Labute approximate surface area is 184 Å². The van der Waals surface area contributed by atoms with Crippen LogP contribution in [0.1, 0.15) is 12.8 Å². The quantitative estimate of drug-likeness (QED) is 0.428. The molecule has 11 heteroatoms. The van der Waals surface area contributed by atoms with Crippen molar-refractivity contribution in [2.24, 2.45) is 0 Å². The Balaban J connectivity index is 1.37. The number of amides is 1. The highest BCUT2D eigenvalue weighted by atomic mass is 35.5. The maximum atomic E-state index is 12.4. The Kier molecular flexibility index (Phi) is 7.72. The van der Waals surface area contributed by atoms with Crippen LogP contribution in [0.5, 0.6) is 11.5 Å². The molecule has 1 aliphatic rings. The van der Waals surface area contributed by atoms with Gasteiger partial charge in [-0.2, -0.15) is 0 Å². The van der Waals surface area contributed by atoms with Crippen LogP contribution in [0.4, 0.5) is 5.69 Å². The summed E-state index contributed by atoms with van der Waals surface area (Å²) in [4.78, 5) is 23.6. The summed E-state index contributed by atoms with van der Waals surface area (Å²) in [6.45, 7) is 0.354. The van der Waals surface area contributed by atoms with E-state index in [1.165, 1.54) is 18.2 Å². The first-order valence-corrected chi connectivity index (χ1v) is 11.3. The van der Waals surface area contributed by atoms with Gasteiger partial charge in [-0.25, -0.2) is 13.1 Å². The van der Waals surface area contributed by atoms with E-state index in [-0.39, 0.29) is 24.3 Å². The number of carbonyl (C=O) groups excluding carboxylic acids is 2. The average Bonchev–Trinajstić information content (AvgIpc) is 2.76. The topological polar surface area (TPSA) is 120 Å². The molecule has 0 unspecified atom stereocenters. The van der Waals surface area contributed by atoms with Crippen molar-refractivity contribution in [2.75, 3.05) is 31.7 Å². The van der Waals surface area contributed by atoms with Crippen molar-refractivity contribution in [1.82, 2.24) is 4.72 Å². The van der Waals surface area contributed by atoms with Crippen molar-refractivity contribution < 1.29 is 32.2 Å². The molecule has 0 saturated carbocycles. The summed E-state index contributed by atoms with van der Waals surface area (Å²) in [5, 5.41) is 3.10. The molecule has 31 heavy (non-hydrogen) atoms. The zero-order valence-electron chi connectivity index (χ0n) is 16.4. The Hall–Kier alpha value is -2.82. The number of hydrogen-bond donors (Lipinski definition) is 2. The van der Waals surface area contributed by atoms with Gasteiger partial charge < -0.3 is 19.5 Å². The standard InChI is InChI=1S/C20H21ClN2O7S/c21-14-3-5-15(6-4-14)23-19(24)13-30-20(25)2-1-9-22-31(26,27)16-7-8-17-18(12-16)29-11-10-28-17/h3-8,12,22H,1-2,9-11,13H2,(H,23,24). The van der Waals surface area contributed by atoms with Crippen LogP contribution >= 0.6 is 11.6 Å². The van der Waals surface area contributed by atoms with Gasteiger partial charge in [0.25, 0.3) is 5.91 Å². The SMILES string of the molecule is O=C(COC(=O)CCCNS(=O)(=O)c1ccc2c(c1)OCCO2)Nc1ccc(Cl)cc1. The van der Waals surface area contributed by atoms with Gasteiger partial charge in [-0.3, -0.25) is 9.59 Å². The second-order valence-electron chi connectivity index (χ2n) is 6.52. The van der Waals surface area contributed by atoms with Gasteiger partial charge in [0.15, 0.2) is 18.1 Å². The number of anilines is 1. The maximum absolute atomic E-state index is 12.4. The fourth-order valence-corrected chi connectivity index (χ4v) is 3.88. The molecule has 2 aromatic rings. The first-order valence-electron chi connectivity index (χ1n) is 9.44. The molecule has 0 fully saturated rings. The molecule has 2 N–H and O–H groups in total. The van der Waals surface area contributed by atoms with Crippen molar-refractivity contribution in [2.45, 2.75) is 17.7 Å². The smallest absolute Gasteiger partial charge is 0.306 e. The van der Waals surface area contributed by atoms with Gasteiger partial charge in [0, 0.05) is 29.7 Å². The molecule has 1 amide bonds. The number of rotatable bonds is 9. The lowest BCUT2D eigenvalue weighted by Crippen LogP contribution is -2.26. The Bertz CT molecular complexity index is 1040. The highest BCUT2D eigenvalue weighted by Gasteiger charge is 2.19. The molecule has 9 nitrogen and oxygen atoms in total. The summed E-state index contributed by atoms with van der Waals surface area (Å²) < 4.78 is 42.8. The van der Waals surface area contributed by atoms with E-state index in [9.17, 15) is 18.0 Å². The highest BCUT2D eigenvalue weighted by Crippen LogP contribution is 2.32. The fraction of sp³-hybridized carbons (Fsp3) is 0.300. The summed E-state index contributed by atoms with van der Waals surface area (Å²) >= 11 is 5.77. The number of nitrogens with one attached hydrogen (secondary N) is 2. The number of hydrogen-bond acceptors (Lipinski definition) is 7. The predicted octanol–water partition coefficient (Wildman–Crippen LogP) is 2.35. The molecule has 1 heterocycles. The van der Waals surface area contributed by atoms with Crippen molar-refractivity contribution in [3.05, 3.63) is 47.5 Å². The lowest BCUT2D eigenvalue weighted by atomic mass is 10.3. The van der Waals surface area contributed by atoms with Crippen LogP contribution in [-0.2, 0) is 24.3 Å². The number of benzene rings is 2. The van der Waals surface area contributed by atoms with E-state index in [0.29, 0.717) is 35.4 Å². The minimum atomic E-state index is -3.77. The van der Waals surface area contributed by atoms with E-state index >= 15 is 0 Å². The first kappa shape index (κ1) is 22.9. The normalized spacial score (nSPS) is 12.8. The molecular weight excluding hydrogens is 448 g/mol. The van der Waals surface area contributed by atoms with E-state index in [1.807, 2.05) is 0 Å². The molecule has 0 saturated heterocycles. The summed E-state index contributed by atoms with van der Waals surface area (Å²) in [7, 11) is -3.77. The third kappa shape index (κ3) is 6.84.